The van der Waals surface area contributed by atoms with Crippen LogP contribution in [0.3, 0.4) is 0 Å². The number of rotatable bonds is 7. The van der Waals surface area contributed by atoms with Gasteiger partial charge < -0.3 is 20.1 Å². The number of morpholine rings is 1. The highest BCUT2D eigenvalue weighted by Crippen LogP contribution is 2.37. The highest BCUT2D eigenvalue weighted by atomic mass is 35.5. The lowest BCUT2D eigenvalue weighted by Crippen LogP contribution is -2.44. The molecule has 2 atom stereocenters. The number of fused-ring (bicyclic) bond motifs is 1. The Bertz CT molecular complexity index is 1390. The van der Waals surface area contributed by atoms with Gasteiger partial charge in [0, 0.05) is 48.2 Å². The molecule has 37 heavy (non-hydrogen) atoms. The molecule has 11 heteroatoms. The summed E-state index contributed by atoms with van der Waals surface area (Å²) in [6, 6.07) is 9.11. The zero-order chi connectivity index (χ0) is 25.9. The van der Waals surface area contributed by atoms with Gasteiger partial charge in [0.25, 0.3) is 6.43 Å². The molecule has 1 saturated heterocycles. The molecule has 1 unspecified atom stereocenters. The van der Waals surface area contributed by atoms with Gasteiger partial charge in [0.15, 0.2) is 0 Å². The summed E-state index contributed by atoms with van der Waals surface area (Å²) in [7, 11) is 0. The van der Waals surface area contributed by atoms with E-state index in [1.165, 1.54) is 24.4 Å². The predicted molar refractivity (Wildman–Crippen MR) is 136 cm³/mol. The molecule has 0 spiro atoms. The van der Waals surface area contributed by atoms with Gasteiger partial charge >= 0.3 is 0 Å². The average Bonchev–Trinajstić information content (AvgIpc) is 2.93. The van der Waals surface area contributed by atoms with Crippen LogP contribution in [0.2, 0.25) is 5.02 Å². The summed E-state index contributed by atoms with van der Waals surface area (Å²) in [4.78, 5) is 15.2. The van der Waals surface area contributed by atoms with Crippen LogP contribution in [-0.4, -0.2) is 58.9 Å². The van der Waals surface area contributed by atoms with Crippen molar-refractivity contribution in [1.29, 1.82) is 0 Å². The molecule has 0 radical (unpaired) electrons. The third kappa shape index (κ3) is 5.31. The van der Waals surface area contributed by atoms with Crippen molar-refractivity contribution in [3.63, 3.8) is 0 Å². The summed E-state index contributed by atoms with van der Waals surface area (Å²) < 4.78 is 47.9. The van der Waals surface area contributed by atoms with Gasteiger partial charge in [0.1, 0.15) is 11.9 Å². The number of anilines is 2. The van der Waals surface area contributed by atoms with Crippen molar-refractivity contribution in [1.82, 2.24) is 15.0 Å². The molecule has 2 aromatic heterocycles. The number of aromatic nitrogens is 3. The first kappa shape index (κ1) is 25.2. The van der Waals surface area contributed by atoms with Gasteiger partial charge in [-0.05, 0) is 23.8 Å². The maximum absolute atomic E-state index is 14.4. The van der Waals surface area contributed by atoms with E-state index in [1.54, 1.807) is 24.5 Å². The minimum atomic E-state index is -2.90. The molecular weight excluding hydrogens is 507 g/mol. The normalized spacial score (nSPS) is 16.8. The second-order valence-electron chi connectivity index (χ2n) is 8.58. The highest BCUT2D eigenvalue weighted by molar-refractivity contribution is 6.34. The van der Waals surface area contributed by atoms with Crippen LogP contribution in [0.25, 0.3) is 22.0 Å². The van der Waals surface area contributed by atoms with Gasteiger partial charge in [-0.3, -0.25) is 4.98 Å². The van der Waals surface area contributed by atoms with Gasteiger partial charge in [-0.25, -0.2) is 23.1 Å². The minimum Gasteiger partial charge on any atom is -0.394 e. The predicted octanol–water partition coefficient (Wildman–Crippen LogP) is 5.10. The number of hydrogen-bond acceptors (Lipinski definition) is 7. The molecule has 4 aromatic rings. The maximum Gasteiger partial charge on any atom is 0.262 e. The number of aliphatic hydroxyl groups is 1. The second kappa shape index (κ2) is 10.9. The van der Waals surface area contributed by atoms with Crippen molar-refractivity contribution in [3.05, 3.63) is 77.5 Å². The summed E-state index contributed by atoms with van der Waals surface area (Å²) in [5.74, 6) is -0.221. The van der Waals surface area contributed by atoms with Crippen molar-refractivity contribution < 1.29 is 23.0 Å². The van der Waals surface area contributed by atoms with E-state index < -0.39 is 18.3 Å². The maximum atomic E-state index is 14.4. The van der Waals surface area contributed by atoms with E-state index in [0.717, 1.165) is 11.6 Å². The van der Waals surface area contributed by atoms with Crippen LogP contribution in [-0.2, 0) is 4.74 Å². The lowest BCUT2D eigenvalue weighted by atomic mass is 10.0. The molecule has 0 amide bonds. The molecule has 2 aromatic carbocycles. The van der Waals surface area contributed by atoms with Crippen molar-refractivity contribution in [2.75, 3.05) is 36.5 Å². The molecule has 1 aliphatic rings. The van der Waals surface area contributed by atoms with Crippen LogP contribution in [0.4, 0.5) is 24.8 Å². The van der Waals surface area contributed by atoms with E-state index in [2.05, 4.69) is 20.3 Å². The van der Waals surface area contributed by atoms with Crippen LogP contribution in [0, 0.1) is 5.82 Å². The number of halogens is 4. The second-order valence-corrected chi connectivity index (χ2v) is 8.99. The van der Waals surface area contributed by atoms with E-state index in [9.17, 15) is 18.3 Å². The van der Waals surface area contributed by atoms with Gasteiger partial charge in [-0.15, -0.1) is 0 Å². The standard InChI is InChI=1S/C26H23ClF3N5O2/c27-20-12-31-22-6-5-15(16-10-32-26(33-11-16)35-7-8-37-17(13-35)14-36)9-19(22)23(20)34-24(25(29)30)18-3-1-2-4-21(18)28/h1-6,9-12,17,24-25,36H,7-8,13-14H2,(H,31,34)/t17?,24-/m0/s1. The number of alkyl halides is 2. The SMILES string of the molecule is OCC1CN(c2ncc(-c3ccc4ncc(Cl)c(N[C@@H](c5ccccc5F)C(F)F)c4c3)cn2)CCO1. The Hall–Kier alpha value is -3.47. The lowest BCUT2D eigenvalue weighted by molar-refractivity contribution is 0.00314. The van der Waals surface area contributed by atoms with Crippen LogP contribution in [0.5, 0.6) is 0 Å². The zero-order valence-corrected chi connectivity index (χ0v) is 20.2. The molecule has 2 N–H and O–H groups in total. The Kier molecular flexibility index (Phi) is 7.40. The van der Waals surface area contributed by atoms with Gasteiger partial charge in [-0.2, -0.15) is 0 Å². The van der Waals surface area contributed by atoms with Crippen LogP contribution >= 0.6 is 11.6 Å². The van der Waals surface area contributed by atoms with Crippen molar-refractivity contribution in [3.8, 4) is 11.1 Å². The van der Waals surface area contributed by atoms with Crippen molar-refractivity contribution in [2.45, 2.75) is 18.6 Å². The number of hydrogen-bond donors (Lipinski definition) is 2. The van der Waals surface area contributed by atoms with Crippen molar-refractivity contribution >= 4 is 34.1 Å². The molecular formula is C26H23ClF3N5O2. The largest absolute Gasteiger partial charge is 0.394 e. The van der Waals surface area contributed by atoms with Crippen LogP contribution in [0.1, 0.15) is 11.6 Å². The van der Waals surface area contributed by atoms with Gasteiger partial charge in [0.2, 0.25) is 5.95 Å². The summed E-state index contributed by atoms with van der Waals surface area (Å²) in [5, 5.41) is 12.7. The van der Waals surface area contributed by atoms with E-state index in [0.29, 0.717) is 42.1 Å². The first-order valence-electron chi connectivity index (χ1n) is 11.6. The number of ether oxygens (including phenoxy) is 1. The van der Waals surface area contributed by atoms with E-state index in [4.69, 9.17) is 16.3 Å². The Morgan fingerprint density at radius 3 is 2.59 bits per heavy atom. The summed E-state index contributed by atoms with van der Waals surface area (Å²) in [5.41, 5.74) is 2.01. The fourth-order valence-corrected chi connectivity index (χ4v) is 4.50. The quantitative estimate of drug-likeness (QED) is 0.344. The Labute approximate surface area is 215 Å². The van der Waals surface area contributed by atoms with Gasteiger partial charge in [0.05, 0.1) is 35.5 Å². The number of nitrogens with zero attached hydrogens (tertiary/aromatic N) is 4. The fourth-order valence-electron chi connectivity index (χ4n) is 4.30. The number of benzene rings is 2. The zero-order valence-electron chi connectivity index (χ0n) is 19.5. The summed E-state index contributed by atoms with van der Waals surface area (Å²) in [6.07, 6.45) is 1.52. The van der Waals surface area contributed by atoms with E-state index in [1.807, 2.05) is 11.0 Å². The highest BCUT2D eigenvalue weighted by Gasteiger charge is 2.27. The van der Waals surface area contributed by atoms with Crippen molar-refractivity contribution in [2.24, 2.45) is 0 Å². The fraction of sp³-hybridized carbons (Fsp3) is 0.269. The Balaban J connectivity index is 1.48. The lowest BCUT2D eigenvalue weighted by Gasteiger charge is -2.31. The first-order valence-corrected chi connectivity index (χ1v) is 12.0. The smallest absolute Gasteiger partial charge is 0.262 e. The van der Waals surface area contributed by atoms with Crippen LogP contribution < -0.4 is 10.2 Å². The first-order chi connectivity index (χ1) is 17.9. The summed E-state index contributed by atoms with van der Waals surface area (Å²) in [6.45, 7) is 1.48. The third-order valence-electron chi connectivity index (χ3n) is 6.21. The number of pyridine rings is 1. The topological polar surface area (TPSA) is 83.4 Å². The molecule has 192 valence electrons. The molecule has 0 bridgehead atoms. The molecule has 1 aliphatic heterocycles. The molecule has 3 heterocycles. The van der Waals surface area contributed by atoms with E-state index >= 15 is 0 Å². The number of aliphatic hydroxyl groups excluding tert-OH is 1. The number of nitrogens with one attached hydrogen (secondary N) is 1. The Morgan fingerprint density at radius 1 is 1.08 bits per heavy atom. The summed E-state index contributed by atoms with van der Waals surface area (Å²) >= 11 is 6.39. The average molecular weight is 530 g/mol. The van der Waals surface area contributed by atoms with E-state index in [-0.39, 0.29) is 29.0 Å². The molecule has 0 aliphatic carbocycles. The molecule has 5 rings (SSSR count). The third-order valence-corrected chi connectivity index (χ3v) is 6.50. The Morgan fingerprint density at radius 2 is 1.86 bits per heavy atom. The monoisotopic (exact) mass is 529 g/mol. The molecule has 0 saturated carbocycles. The van der Waals surface area contributed by atoms with Crippen LogP contribution in [0.15, 0.2) is 61.1 Å². The molecule has 7 nitrogen and oxygen atoms in total. The minimum absolute atomic E-state index is 0.0814. The van der Waals surface area contributed by atoms with Gasteiger partial charge in [-0.1, -0.05) is 35.9 Å². The molecule has 1 fully saturated rings.